The highest BCUT2D eigenvalue weighted by Crippen LogP contribution is 2.44. The molecular weight excluding hydrogens is 332 g/mol. The summed E-state index contributed by atoms with van der Waals surface area (Å²) in [4.78, 5) is -0.312. The number of nitriles is 1. The minimum atomic E-state index is -3.57. The number of nitrogens with zero attached hydrogens (tertiary/aromatic N) is 2. The lowest BCUT2D eigenvalue weighted by Crippen LogP contribution is -2.48. The van der Waals surface area contributed by atoms with E-state index in [1.54, 1.807) is 12.1 Å². The molecule has 1 heterocycles. The van der Waals surface area contributed by atoms with Gasteiger partial charge >= 0.3 is 0 Å². The Balaban J connectivity index is 2.67. The second kappa shape index (κ2) is 5.21. The molecule has 0 aliphatic carbocycles. The maximum absolute atomic E-state index is 12.0. The van der Waals surface area contributed by atoms with E-state index in [-0.39, 0.29) is 4.83 Å². The van der Waals surface area contributed by atoms with Gasteiger partial charge in [0.25, 0.3) is 0 Å². The van der Waals surface area contributed by atoms with Crippen LogP contribution in [0.1, 0.15) is 22.0 Å². The van der Waals surface area contributed by atoms with Gasteiger partial charge in [-0.05, 0) is 11.1 Å². The quantitative estimate of drug-likeness (QED) is 0.768. The molecule has 1 aromatic carbocycles. The fourth-order valence-corrected chi connectivity index (χ4v) is 4.48. The molecule has 2 rings (SSSR count). The second-order valence-corrected chi connectivity index (χ2v) is 7.16. The minimum Gasteiger partial charge on any atom is -0.364 e. The Labute approximate surface area is 121 Å². The van der Waals surface area contributed by atoms with E-state index in [9.17, 15) is 13.7 Å². The summed E-state index contributed by atoms with van der Waals surface area (Å²) in [7, 11) is -2.14. The van der Waals surface area contributed by atoms with Crippen LogP contribution in [-0.4, -0.2) is 32.3 Å². The van der Waals surface area contributed by atoms with Crippen molar-refractivity contribution in [3.05, 3.63) is 35.4 Å². The molecule has 0 spiro atoms. The zero-order valence-corrected chi connectivity index (χ0v) is 12.8. The monoisotopic (exact) mass is 344 g/mol. The summed E-state index contributed by atoms with van der Waals surface area (Å²) in [6.45, 7) is 0. The normalized spacial score (nSPS) is 27.6. The number of ether oxygens (including phenoxy) is 1. The van der Waals surface area contributed by atoms with Crippen LogP contribution in [0.15, 0.2) is 24.3 Å². The van der Waals surface area contributed by atoms with E-state index in [4.69, 9.17) is 4.74 Å². The number of alkyl halides is 1. The Bertz CT molecular complexity index is 626. The van der Waals surface area contributed by atoms with E-state index in [0.717, 1.165) is 16.1 Å². The fourth-order valence-electron chi connectivity index (χ4n) is 2.31. The number of fused-ring (bicyclic) bond motifs is 1. The van der Waals surface area contributed by atoms with Crippen molar-refractivity contribution >= 4 is 26.0 Å². The summed E-state index contributed by atoms with van der Waals surface area (Å²) in [5.41, 5.74) is 1.56. The van der Waals surface area contributed by atoms with Crippen molar-refractivity contribution in [2.75, 3.05) is 13.4 Å². The summed E-state index contributed by atoms with van der Waals surface area (Å²) in [6, 6.07) is 8.45. The molecule has 3 atom stereocenters. The predicted molar refractivity (Wildman–Crippen MR) is 73.9 cm³/mol. The Morgan fingerprint density at radius 1 is 1.37 bits per heavy atom. The van der Waals surface area contributed by atoms with E-state index in [2.05, 4.69) is 15.9 Å². The molecule has 0 fully saturated rings. The van der Waals surface area contributed by atoms with E-state index in [1.807, 2.05) is 18.2 Å². The van der Waals surface area contributed by atoms with E-state index in [0.29, 0.717) is 5.56 Å². The van der Waals surface area contributed by atoms with Gasteiger partial charge in [0.1, 0.15) is 12.3 Å². The van der Waals surface area contributed by atoms with Crippen molar-refractivity contribution in [3.63, 3.8) is 0 Å². The third-order valence-corrected chi connectivity index (χ3v) is 5.22. The molecule has 0 amide bonds. The van der Waals surface area contributed by atoms with Crippen molar-refractivity contribution in [2.24, 2.45) is 0 Å². The Hall–Kier alpha value is -0.940. The molecule has 0 N–H and O–H groups in total. The average molecular weight is 345 g/mol. The number of benzene rings is 1. The van der Waals surface area contributed by atoms with Crippen molar-refractivity contribution in [3.8, 4) is 6.07 Å². The number of methoxy groups -OCH3 is 1. The van der Waals surface area contributed by atoms with E-state index in [1.165, 1.54) is 7.11 Å². The first-order chi connectivity index (χ1) is 8.91. The lowest BCUT2D eigenvalue weighted by atomic mass is 9.94. The minimum absolute atomic E-state index is 0.312. The second-order valence-electron chi connectivity index (χ2n) is 4.28. The van der Waals surface area contributed by atoms with Crippen LogP contribution in [-0.2, 0) is 14.8 Å². The van der Waals surface area contributed by atoms with E-state index < -0.39 is 22.3 Å². The zero-order valence-electron chi connectivity index (χ0n) is 10.4. The summed E-state index contributed by atoms with van der Waals surface area (Å²) in [5, 5.41) is 9.34. The summed E-state index contributed by atoms with van der Waals surface area (Å²) >= 11 is 3.46. The zero-order chi connectivity index (χ0) is 14.2. The van der Waals surface area contributed by atoms with Crippen LogP contribution in [0.3, 0.4) is 0 Å². The maximum atomic E-state index is 12.0. The molecule has 102 valence electrons. The van der Waals surface area contributed by atoms with Crippen LogP contribution in [0.5, 0.6) is 0 Å². The van der Waals surface area contributed by atoms with Gasteiger partial charge in [-0.3, -0.25) is 0 Å². The molecule has 0 aromatic heterocycles. The molecule has 0 saturated heterocycles. The van der Waals surface area contributed by atoms with Gasteiger partial charge in [-0.2, -0.15) is 9.57 Å². The van der Waals surface area contributed by atoms with Crippen LogP contribution in [0.4, 0.5) is 0 Å². The maximum Gasteiger partial charge on any atom is 0.214 e. The molecule has 1 aromatic rings. The van der Waals surface area contributed by atoms with Crippen LogP contribution >= 0.6 is 15.9 Å². The van der Waals surface area contributed by atoms with Gasteiger partial charge in [-0.25, -0.2) is 8.42 Å². The van der Waals surface area contributed by atoms with Gasteiger partial charge in [-0.1, -0.05) is 40.2 Å². The van der Waals surface area contributed by atoms with Gasteiger partial charge < -0.3 is 4.74 Å². The highest BCUT2D eigenvalue weighted by molar-refractivity contribution is 9.09. The number of hydrogen-bond acceptors (Lipinski definition) is 4. The Morgan fingerprint density at radius 2 is 1.95 bits per heavy atom. The SMILES string of the molecule is CO[C@H]1[C@H](Br)c2ccccc2[C@H](C#N)N1S(C)(=O)=O. The van der Waals surface area contributed by atoms with Gasteiger partial charge in [0.15, 0.2) is 0 Å². The topological polar surface area (TPSA) is 70.4 Å². The molecule has 0 radical (unpaired) electrons. The summed E-state index contributed by atoms with van der Waals surface area (Å²) in [6.07, 6.45) is 0.339. The standard InChI is InChI=1S/C12H13BrN2O3S/c1-18-12-11(13)9-6-4-3-5-8(9)10(7-14)15(12)19(2,16)17/h3-6,10-12H,1-2H3/t10-,11+,12-/m0/s1. The highest BCUT2D eigenvalue weighted by Gasteiger charge is 2.44. The molecule has 7 heteroatoms. The molecule has 5 nitrogen and oxygen atoms in total. The Morgan fingerprint density at radius 3 is 2.42 bits per heavy atom. The van der Waals surface area contributed by atoms with Crippen LogP contribution < -0.4 is 0 Å². The van der Waals surface area contributed by atoms with Gasteiger partial charge in [0.05, 0.1) is 17.2 Å². The first-order valence-corrected chi connectivity index (χ1v) is 8.32. The molecule has 0 bridgehead atoms. The first-order valence-electron chi connectivity index (χ1n) is 5.55. The predicted octanol–water partition coefficient (Wildman–Crippen LogP) is 1.93. The number of halogens is 1. The third kappa shape index (κ3) is 2.41. The number of sulfonamides is 1. The van der Waals surface area contributed by atoms with Gasteiger partial charge in [0, 0.05) is 7.11 Å². The van der Waals surface area contributed by atoms with E-state index >= 15 is 0 Å². The van der Waals surface area contributed by atoms with Gasteiger partial charge in [0.2, 0.25) is 10.0 Å². The molecule has 19 heavy (non-hydrogen) atoms. The number of rotatable bonds is 2. The molecule has 1 aliphatic heterocycles. The van der Waals surface area contributed by atoms with Crippen molar-refractivity contribution in [1.82, 2.24) is 4.31 Å². The first kappa shape index (κ1) is 14.5. The van der Waals surface area contributed by atoms with Crippen molar-refractivity contribution < 1.29 is 13.2 Å². The smallest absolute Gasteiger partial charge is 0.214 e. The molecule has 1 aliphatic rings. The summed E-state index contributed by atoms with van der Waals surface area (Å²) < 4.78 is 30.3. The molecular formula is C12H13BrN2O3S. The average Bonchev–Trinajstić information content (AvgIpc) is 2.37. The van der Waals surface area contributed by atoms with Crippen LogP contribution in [0, 0.1) is 11.3 Å². The fraction of sp³-hybridized carbons (Fsp3) is 0.417. The largest absolute Gasteiger partial charge is 0.364 e. The number of hydrogen-bond donors (Lipinski definition) is 0. The lowest BCUT2D eigenvalue weighted by Gasteiger charge is -2.40. The van der Waals surface area contributed by atoms with Crippen LogP contribution in [0.2, 0.25) is 0 Å². The third-order valence-electron chi connectivity index (χ3n) is 3.09. The van der Waals surface area contributed by atoms with Crippen LogP contribution in [0.25, 0.3) is 0 Å². The Kier molecular flexibility index (Phi) is 3.97. The van der Waals surface area contributed by atoms with Crippen molar-refractivity contribution in [2.45, 2.75) is 17.1 Å². The molecule has 0 unspecified atom stereocenters. The van der Waals surface area contributed by atoms with Crippen molar-refractivity contribution in [1.29, 1.82) is 5.26 Å². The lowest BCUT2D eigenvalue weighted by molar-refractivity contribution is -0.00235. The van der Waals surface area contributed by atoms with Gasteiger partial charge in [-0.15, -0.1) is 0 Å². The summed E-state index contributed by atoms with van der Waals surface area (Å²) in [5.74, 6) is 0. The molecule has 0 saturated carbocycles. The highest BCUT2D eigenvalue weighted by atomic mass is 79.9.